The van der Waals surface area contributed by atoms with E-state index in [4.69, 9.17) is 15.5 Å². The number of aliphatic imine (C=N–C) groups is 1. The van der Waals surface area contributed by atoms with E-state index >= 15 is 0 Å². The zero-order valence-electron chi connectivity index (χ0n) is 18.5. The van der Waals surface area contributed by atoms with Gasteiger partial charge in [0.05, 0.1) is 23.5 Å². The molecule has 0 amide bonds. The fraction of sp³-hybridized carbons (Fsp3) is 0.200. The third-order valence-electron chi connectivity index (χ3n) is 5.61. The van der Waals surface area contributed by atoms with Crippen molar-refractivity contribution in [3.63, 3.8) is 0 Å². The van der Waals surface area contributed by atoms with Crippen molar-refractivity contribution in [3.8, 4) is 11.4 Å². The Hall–Kier alpha value is -3.62. The predicted molar refractivity (Wildman–Crippen MR) is 131 cm³/mol. The molecule has 2 aromatic heterocycles. The summed E-state index contributed by atoms with van der Waals surface area (Å²) in [5.74, 6) is 2.40. The van der Waals surface area contributed by atoms with Crippen LogP contribution < -0.4 is 10.5 Å². The molecule has 0 aliphatic carbocycles. The van der Waals surface area contributed by atoms with Crippen LogP contribution in [0.25, 0.3) is 11.8 Å². The maximum atomic E-state index is 5.60. The number of ether oxygens (including phenoxy) is 1. The first-order chi connectivity index (χ1) is 16.2. The van der Waals surface area contributed by atoms with Crippen LogP contribution in [0.4, 0.5) is 0 Å². The highest BCUT2D eigenvalue weighted by atomic mass is 32.1. The quantitative estimate of drug-likeness (QED) is 0.471. The van der Waals surface area contributed by atoms with Crippen molar-refractivity contribution in [2.24, 2.45) is 10.7 Å². The number of hydrogen-bond acceptors (Lipinski definition) is 7. The topological polar surface area (TPSA) is 91.2 Å². The molecule has 0 saturated carbocycles. The van der Waals surface area contributed by atoms with E-state index in [9.17, 15) is 0 Å². The molecule has 2 aromatic carbocycles. The van der Waals surface area contributed by atoms with Gasteiger partial charge in [-0.3, -0.25) is 9.56 Å². The van der Waals surface area contributed by atoms with Crippen LogP contribution in [-0.4, -0.2) is 39.1 Å². The second kappa shape index (κ2) is 9.09. The minimum atomic E-state index is -0.220. The lowest BCUT2D eigenvalue weighted by atomic mass is 9.98. The van der Waals surface area contributed by atoms with Crippen LogP contribution in [-0.2, 0) is 6.42 Å². The van der Waals surface area contributed by atoms with Crippen molar-refractivity contribution in [1.82, 2.24) is 19.7 Å². The molecule has 0 fully saturated rings. The third kappa shape index (κ3) is 4.10. The average molecular weight is 457 g/mol. The monoisotopic (exact) mass is 456 g/mol. The Morgan fingerprint density at radius 2 is 2.00 bits per heavy atom. The van der Waals surface area contributed by atoms with Gasteiger partial charge in [-0.2, -0.15) is 0 Å². The van der Waals surface area contributed by atoms with Crippen molar-refractivity contribution in [2.45, 2.75) is 19.4 Å². The van der Waals surface area contributed by atoms with E-state index < -0.39 is 0 Å². The van der Waals surface area contributed by atoms with Gasteiger partial charge in [0.25, 0.3) is 0 Å². The molecule has 0 radical (unpaired) electrons. The minimum absolute atomic E-state index is 0.220. The van der Waals surface area contributed by atoms with Crippen LogP contribution in [0, 0.1) is 6.92 Å². The largest absolute Gasteiger partial charge is 0.497 e. The normalized spacial score (nSPS) is 15.1. The molecule has 0 unspecified atom stereocenters. The molecule has 166 valence electrons. The number of aryl methyl sites for hydroxylation is 1. The minimum Gasteiger partial charge on any atom is -0.497 e. The second-order valence-corrected chi connectivity index (χ2v) is 8.69. The SMILES string of the molecule is COc1ccc2c(c1)C(c1ccc(/C=C/CN)cc1)=N[C@@H](Cc1nccs1)c1nnc(C)n1-2. The van der Waals surface area contributed by atoms with Gasteiger partial charge in [-0.05, 0) is 30.7 Å². The van der Waals surface area contributed by atoms with Crippen molar-refractivity contribution in [1.29, 1.82) is 0 Å². The van der Waals surface area contributed by atoms with Gasteiger partial charge in [-0.25, -0.2) is 4.98 Å². The summed E-state index contributed by atoms with van der Waals surface area (Å²) < 4.78 is 7.65. The van der Waals surface area contributed by atoms with Crippen LogP contribution in [0.2, 0.25) is 0 Å². The summed E-state index contributed by atoms with van der Waals surface area (Å²) in [6.07, 6.45) is 6.44. The summed E-state index contributed by atoms with van der Waals surface area (Å²) in [5, 5.41) is 11.9. The number of benzene rings is 2. The average Bonchev–Trinajstić information content (AvgIpc) is 3.47. The van der Waals surface area contributed by atoms with Crippen LogP contribution in [0.5, 0.6) is 5.75 Å². The van der Waals surface area contributed by atoms with Gasteiger partial charge >= 0.3 is 0 Å². The summed E-state index contributed by atoms with van der Waals surface area (Å²) in [6.45, 7) is 2.48. The van der Waals surface area contributed by atoms with Gasteiger partial charge in [0, 0.05) is 35.7 Å². The predicted octanol–water partition coefficient (Wildman–Crippen LogP) is 4.15. The van der Waals surface area contributed by atoms with E-state index in [-0.39, 0.29) is 6.04 Å². The first-order valence-electron chi connectivity index (χ1n) is 10.7. The lowest BCUT2D eigenvalue weighted by Crippen LogP contribution is -2.09. The summed E-state index contributed by atoms with van der Waals surface area (Å²) in [5.41, 5.74) is 10.6. The second-order valence-electron chi connectivity index (χ2n) is 7.71. The maximum absolute atomic E-state index is 5.60. The zero-order chi connectivity index (χ0) is 22.8. The number of nitrogens with zero attached hydrogens (tertiary/aromatic N) is 5. The molecule has 3 heterocycles. The van der Waals surface area contributed by atoms with Crippen molar-refractivity contribution in [3.05, 3.63) is 93.5 Å². The lowest BCUT2D eigenvalue weighted by molar-refractivity contribution is 0.414. The highest BCUT2D eigenvalue weighted by molar-refractivity contribution is 7.09. The van der Waals surface area contributed by atoms with Gasteiger partial charge < -0.3 is 10.5 Å². The van der Waals surface area contributed by atoms with Gasteiger partial charge in [0.15, 0.2) is 5.82 Å². The molecule has 0 spiro atoms. The number of thiazole rings is 1. The van der Waals surface area contributed by atoms with Crippen molar-refractivity contribution < 1.29 is 4.74 Å². The fourth-order valence-electron chi connectivity index (χ4n) is 4.04. The van der Waals surface area contributed by atoms with Gasteiger partial charge in [0.1, 0.15) is 17.6 Å². The number of nitrogens with two attached hydrogens (primary N) is 1. The van der Waals surface area contributed by atoms with E-state index in [1.54, 1.807) is 18.4 Å². The first-order valence-corrected chi connectivity index (χ1v) is 11.6. The van der Waals surface area contributed by atoms with E-state index in [1.165, 1.54) is 0 Å². The molecule has 7 nitrogen and oxygen atoms in total. The molecule has 33 heavy (non-hydrogen) atoms. The molecule has 4 aromatic rings. The van der Waals surface area contributed by atoms with Crippen molar-refractivity contribution in [2.75, 3.05) is 13.7 Å². The Kier molecular flexibility index (Phi) is 5.85. The maximum Gasteiger partial charge on any atom is 0.162 e. The summed E-state index contributed by atoms with van der Waals surface area (Å²) in [7, 11) is 1.68. The third-order valence-corrected chi connectivity index (χ3v) is 6.42. The molecule has 8 heteroatoms. The first kappa shape index (κ1) is 21.2. The fourth-order valence-corrected chi connectivity index (χ4v) is 4.70. The van der Waals surface area contributed by atoms with E-state index in [0.29, 0.717) is 13.0 Å². The zero-order valence-corrected chi connectivity index (χ0v) is 19.3. The van der Waals surface area contributed by atoms with Crippen molar-refractivity contribution >= 4 is 23.1 Å². The Morgan fingerprint density at radius 1 is 1.15 bits per heavy atom. The van der Waals surface area contributed by atoms with Crippen LogP contribution in [0.1, 0.15) is 39.4 Å². The molecule has 1 aliphatic heterocycles. The van der Waals surface area contributed by atoms with E-state index in [2.05, 4.69) is 44.0 Å². The molecule has 0 saturated heterocycles. The number of aromatic nitrogens is 4. The molecule has 5 rings (SSSR count). The van der Waals surface area contributed by atoms with Crippen LogP contribution in [0.15, 0.2) is 65.1 Å². The number of rotatable bonds is 6. The Morgan fingerprint density at radius 3 is 2.73 bits per heavy atom. The highest BCUT2D eigenvalue weighted by Crippen LogP contribution is 2.34. The van der Waals surface area contributed by atoms with Crippen LogP contribution in [0.3, 0.4) is 0 Å². The van der Waals surface area contributed by atoms with Gasteiger partial charge in [0.2, 0.25) is 0 Å². The number of fused-ring (bicyclic) bond motifs is 3. The standard InChI is InChI=1S/C25H24N6OS/c1-16-29-30-25-21(15-23-27-12-13-33-23)28-24(18-7-5-17(6-8-18)4-3-11-26)20-14-19(32-2)9-10-22(20)31(16)25/h3-10,12-14,21H,11,15,26H2,1-2H3/b4-3+/t21-/m0/s1. The van der Waals surface area contributed by atoms with E-state index in [1.807, 2.05) is 48.9 Å². The molecule has 1 atom stereocenters. The molecular formula is C25H24N6OS. The summed E-state index contributed by atoms with van der Waals surface area (Å²) in [4.78, 5) is 9.74. The number of hydrogen-bond donors (Lipinski definition) is 1. The lowest BCUT2D eigenvalue weighted by Gasteiger charge is -2.14. The Labute approximate surface area is 196 Å². The molecule has 0 bridgehead atoms. The van der Waals surface area contributed by atoms with Gasteiger partial charge in [-0.15, -0.1) is 21.5 Å². The Bertz CT molecular complexity index is 1320. The van der Waals surface area contributed by atoms with Crippen LogP contribution >= 0.6 is 11.3 Å². The molecule has 2 N–H and O–H groups in total. The smallest absolute Gasteiger partial charge is 0.162 e. The molecular weight excluding hydrogens is 432 g/mol. The Balaban J connectivity index is 1.70. The number of methoxy groups -OCH3 is 1. The highest BCUT2D eigenvalue weighted by Gasteiger charge is 2.29. The van der Waals surface area contributed by atoms with E-state index in [0.717, 1.165) is 50.5 Å². The summed E-state index contributed by atoms with van der Waals surface area (Å²) >= 11 is 1.63. The molecule has 1 aliphatic rings. The summed E-state index contributed by atoms with van der Waals surface area (Å²) in [6, 6.07) is 14.2. The van der Waals surface area contributed by atoms with Gasteiger partial charge in [-0.1, -0.05) is 36.4 Å².